The molecule has 0 saturated heterocycles. The maximum absolute atomic E-state index is 12.0. The fourth-order valence-corrected chi connectivity index (χ4v) is 1.98. The molecule has 0 spiro atoms. The SMILES string of the molecule is F[B-](F)(F)CC1CCCCCC1.[K+]. The van der Waals surface area contributed by atoms with Crippen LogP contribution in [0.3, 0.4) is 0 Å². The molecule has 1 saturated carbocycles. The van der Waals surface area contributed by atoms with Crippen molar-refractivity contribution in [1.29, 1.82) is 0 Å². The first kappa shape index (κ1) is 14.5. The predicted octanol–water partition coefficient (Wildman–Crippen LogP) is 0.808. The Balaban J connectivity index is 0.00000144. The molecule has 0 aromatic rings. The Morgan fingerprint density at radius 3 is 1.77 bits per heavy atom. The fraction of sp³-hybridized carbons (Fsp3) is 1.00. The van der Waals surface area contributed by atoms with Crippen molar-refractivity contribution < 1.29 is 64.3 Å². The van der Waals surface area contributed by atoms with E-state index in [0.29, 0.717) is 0 Å². The van der Waals surface area contributed by atoms with Gasteiger partial charge in [0.05, 0.1) is 0 Å². The van der Waals surface area contributed by atoms with E-state index in [0.717, 1.165) is 38.5 Å². The van der Waals surface area contributed by atoms with E-state index in [-0.39, 0.29) is 57.3 Å². The molecule has 72 valence electrons. The van der Waals surface area contributed by atoms with E-state index in [4.69, 9.17) is 0 Å². The molecule has 0 unspecified atom stereocenters. The second-order valence-electron chi connectivity index (χ2n) is 3.80. The van der Waals surface area contributed by atoms with Gasteiger partial charge < -0.3 is 12.9 Å². The van der Waals surface area contributed by atoms with E-state index >= 15 is 0 Å². The Kier molecular flexibility index (Phi) is 7.67. The molecule has 13 heavy (non-hydrogen) atoms. The number of rotatable bonds is 2. The first-order valence-corrected chi connectivity index (χ1v) is 4.79. The predicted molar refractivity (Wildman–Crippen MR) is 45.1 cm³/mol. The van der Waals surface area contributed by atoms with Crippen molar-refractivity contribution in [3.8, 4) is 0 Å². The van der Waals surface area contributed by atoms with Crippen molar-refractivity contribution in [2.45, 2.75) is 44.8 Å². The molecule has 0 amide bonds. The van der Waals surface area contributed by atoms with E-state index in [2.05, 4.69) is 0 Å². The number of hydrogen-bond donors (Lipinski definition) is 0. The third-order valence-corrected chi connectivity index (χ3v) is 2.58. The molecule has 0 nitrogen and oxygen atoms in total. The van der Waals surface area contributed by atoms with Crippen LogP contribution in [0, 0.1) is 5.92 Å². The fourth-order valence-electron chi connectivity index (χ4n) is 1.98. The van der Waals surface area contributed by atoms with E-state index in [9.17, 15) is 12.9 Å². The van der Waals surface area contributed by atoms with Gasteiger partial charge in [-0.05, 0) is 0 Å². The summed E-state index contributed by atoms with van der Waals surface area (Å²) < 4.78 is 36.1. The summed E-state index contributed by atoms with van der Waals surface area (Å²) in [4.78, 5) is 0. The molecule has 0 atom stereocenters. The van der Waals surface area contributed by atoms with Gasteiger partial charge in [-0.3, -0.25) is 0 Å². The first-order valence-electron chi connectivity index (χ1n) is 4.79. The largest absolute Gasteiger partial charge is 1.00 e. The second kappa shape index (κ2) is 6.88. The summed E-state index contributed by atoms with van der Waals surface area (Å²) in [5.41, 5.74) is 0. The zero-order chi connectivity index (χ0) is 9.03. The van der Waals surface area contributed by atoms with Crippen molar-refractivity contribution >= 4 is 6.98 Å². The topological polar surface area (TPSA) is 0 Å². The van der Waals surface area contributed by atoms with Gasteiger partial charge in [-0.1, -0.05) is 50.8 Å². The Morgan fingerprint density at radius 1 is 0.923 bits per heavy atom. The summed E-state index contributed by atoms with van der Waals surface area (Å²) >= 11 is 0. The normalized spacial score (nSPS) is 20.5. The summed E-state index contributed by atoms with van der Waals surface area (Å²) in [6.07, 6.45) is 5.33. The molecule has 1 aliphatic carbocycles. The van der Waals surface area contributed by atoms with Crippen LogP contribution in [0.1, 0.15) is 38.5 Å². The third kappa shape index (κ3) is 7.42. The Labute approximate surface area is 121 Å². The number of halogens is 3. The minimum absolute atomic E-state index is 0. The minimum Gasteiger partial charge on any atom is -0.449 e. The molecular formula is C8H15BF3K. The van der Waals surface area contributed by atoms with Crippen molar-refractivity contribution in [3.05, 3.63) is 0 Å². The molecule has 0 radical (unpaired) electrons. The molecule has 1 fully saturated rings. The van der Waals surface area contributed by atoms with Crippen LogP contribution in [0.2, 0.25) is 6.32 Å². The van der Waals surface area contributed by atoms with E-state index in [1.165, 1.54) is 0 Å². The van der Waals surface area contributed by atoms with Crippen LogP contribution in [0.4, 0.5) is 12.9 Å². The van der Waals surface area contributed by atoms with Gasteiger partial charge in [0.25, 0.3) is 0 Å². The summed E-state index contributed by atoms with van der Waals surface area (Å²) in [6.45, 7) is -4.54. The van der Waals surface area contributed by atoms with Gasteiger partial charge in [-0.2, -0.15) is 0 Å². The molecule has 0 heterocycles. The average Bonchev–Trinajstić information content (AvgIpc) is 2.12. The van der Waals surface area contributed by atoms with Gasteiger partial charge in [0.15, 0.2) is 0 Å². The average molecular weight is 218 g/mol. The molecule has 0 aromatic heterocycles. The van der Waals surface area contributed by atoms with Crippen LogP contribution < -0.4 is 51.4 Å². The monoisotopic (exact) mass is 218 g/mol. The molecule has 0 aromatic carbocycles. The first-order chi connectivity index (χ1) is 5.58. The Hall–Kier alpha value is 1.49. The summed E-state index contributed by atoms with van der Waals surface area (Å²) in [5.74, 6) is -0.0625. The van der Waals surface area contributed by atoms with Crippen LogP contribution >= 0.6 is 0 Å². The van der Waals surface area contributed by atoms with Gasteiger partial charge in [0.1, 0.15) is 0 Å². The molecule has 1 rings (SSSR count). The Morgan fingerprint density at radius 2 is 1.38 bits per heavy atom. The van der Waals surface area contributed by atoms with Crippen molar-refractivity contribution in [3.63, 3.8) is 0 Å². The molecule has 0 N–H and O–H groups in total. The zero-order valence-electron chi connectivity index (χ0n) is 8.24. The quantitative estimate of drug-likeness (QED) is 0.475. The third-order valence-electron chi connectivity index (χ3n) is 2.58. The molecule has 1 aliphatic rings. The van der Waals surface area contributed by atoms with Crippen molar-refractivity contribution in [2.75, 3.05) is 0 Å². The van der Waals surface area contributed by atoms with E-state index in [1.54, 1.807) is 0 Å². The van der Waals surface area contributed by atoms with Gasteiger partial charge in [0.2, 0.25) is 0 Å². The maximum Gasteiger partial charge on any atom is 1.00 e. The van der Waals surface area contributed by atoms with Crippen molar-refractivity contribution in [2.24, 2.45) is 5.92 Å². The standard InChI is InChI=1S/C8H15BF3.K/c10-9(11,12)7-8-5-3-1-2-4-6-8;/h8H,1-7H2;/q-1;+1. The smallest absolute Gasteiger partial charge is 0.449 e. The molecule has 0 aliphatic heterocycles. The van der Waals surface area contributed by atoms with Crippen LogP contribution in [0.5, 0.6) is 0 Å². The van der Waals surface area contributed by atoms with Crippen LogP contribution in [0.25, 0.3) is 0 Å². The van der Waals surface area contributed by atoms with E-state index < -0.39 is 13.3 Å². The number of hydrogen-bond acceptors (Lipinski definition) is 0. The summed E-state index contributed by atoms with van der Waals surface area (Å²) in [7, 11) is 0. The molecule has 0 bridgehead atoms. The maximum atomic E-state index is 12.0. The van der Waals surface area contributed by atoms with Crippen LogP contribution in [-0.4, -0.2) is 6.98 Å². The van der Waals surface area contributed by atoms with Crippen LogP contribution in [0.15, 0.2) is 0 Å². The summed E-state index contributed by atoms with van der Waals surface area (Å²) in [6, 6.07) is 0. The Bertz CT molecular complexity index is 130. The second-order valence-corrected chi connectivity index (χ2v) is 3.80. The van der Waals surface area contributed by atoms with Crippen LogP contribution in [-0.2, 0) is 0 Å². The summed E-state index contributed by atoms with van der Waals surface area (Å²) in [5, 5.41) is 0. The van der Waals surface area contributed by atoms with Gasteiger partial charge in [-0.25, -0.2) is 0 Å². The van der Waals surface area contributed by atoms with Crippen molar-refractivity contribution in [1.82, 2.24) is 0 Å². The van der Waals surface area contributed by atoms with Gasteiger partial charge >= 0.3 is 58.4 Å². The van der Waals surface area contributed by atoms with Gasteiger partial charge in [0, 0.05) is 0 Å². The molecular weight excluding hydrogens is 203 g/mol. The molecule has 5 heteroatoms. The zero-order valence-corrected chi connectivity index (χ0v) is 11.4. The minimum atomic E-state index is -4.54. The van der Waals surface area contributed by atoms with Gasteiger partial charge in [-0.15, -0.1) is 0 Å². The van der Waals surface area contributed by atoms with E-state index in [1.807, 2.05) is 0 Å².